The quantitative estimate of drug-likeness (QED) is 0.524. The molecule has 0 aromatic carbocycles. The lowest BCUT2D eigenvalue weighted by Gasteiger charge is -2.04. The third kappa shape index (κ3) is 1.44. The molecular formula is C6H10FNO2. The minimum Gasteiger partial charge on any atom is -0.468 e. The van der Waals surface area contributed by atoms with Gasteiger partial charge in [-0.2, -0.15) is 0 Å². The van der Waals surface area contributed by atoms with Crippen LogP contribution in [0.15, 0.2) is 0 Å². The van der Waals surface area contributed by atoms with E-state index in [9.17, 15) is 9.18 Å². The lowest BCUT2D eigenvalue weighted by molar-refractivity contribution is -0.142. The van der Waals surface area contributed by atoms with Crippen LogP contribution in [-0.2, 0) is 9.53 Å². The molecule has 58 valence electrons. The van der Waals surface area contributed by atoms with Gasteiger partial charge in [-0.3, -0.25) is 4.79 Å². The summed E-state index contributed by atoms with van der Waals surface area (Å²) >= 11 is 0. The number of halogens is 1. The largest absolute Gasteiger partial charge is 0.468 e. The van der Waals surface area contributed by atoms with Crippen molar-refractivity contribution in [3.63, 3.8) is 0 Å². The molecular weight excluding hydrogens is 137 g/mol. The molecule has 4 heteroatoms. The Bertz CT molecular complexity index is 140. The molecule has 1 fully saturated rings. The van der Waals surface area contributed by atoms with Crippen molar-refractivity contribution in [2.24, 2.45) is 0 Å². The maximum atomic E-state index is 12.4. The molecule has 1 heterocycles. The van der Waals surface area contributed by atoms with Crippen molar-refractivity contribution < 1.29 is 13.9 Å². The van der Waals surface area contributed by atoms with Crippen LogP contribution in [0, 0.1) is 0 Å². The van der Waals surface area contributed by atoms with E-state index < -0.39 is 12.2 Å². The minimum absolute atomic E-state index is 0.243. The van der Waals surface area contributed by atoms with Gasteiger partial charge in [0, 0.05) is 13.0 Å². The molecule has 1 rings (SSSR count). The van der Waals surface area contributed by atoms with Gasteiger partial charge in [-0.1, -0.05) is 0 Å². The number of rotatable bonds is 1. The molecule has 0 amide bonds. The van der Waals surface area contributed by atoms with E-state index in [-0.39, 0.29) is 18.9 Å². The van der Waals surface area contributed by atoms with Gasteiger partial charge >= 0.3 is 5.97 Å². The van der Waals surface area contributed by atoms with Crippen molar-refractivity contribution in [1.82, 2.24) is 5.32 Å². The maximum Gasteiger partial charge on any atom is 0.322 e. The Morgan fingerprint density at radius 2 is 2.50 bits per heavy atom. The number of alkyl halides is 1. The Hall–Kier alpha value is -0.640. The van der Waals surface area contributed by atoms with Crippen LogP contribution < -0.4 is 5.32 Å². The lowest BCUT2D eigenvalue weighted by atomic mass is 10.2. The highest BCUT2D eigenvalue weighted by atomic mass is 19.1. The Balaban J connectivity index is 2.37. The van der Waals surface area contributed by atoms with E-state index in [1.54, 1.807) is 0 Å². The highest BCUT2D eigenvalue weighted by molar-refractivity contribution is 5.76. The monoisotopic (exact) mass is 147 g/mol. The number of esters is 1. The van der Waals surface area contributed by atoms with Crippen molar-refractivity contribution >= 4 is 5.97 Å². The molecule has 1 aliphatic heterocycles. The molecule has 1 aliphatic rings. The SMILES string of the molecule is COC(=O)[C@H]1C[C@H](F)CN1. The van der Waals surface area contributed by atoms with Crippen LogP contribution in [0.3, 0.4) is 0 Å². The summed E-state index contributed by atoms with van der Waals surface area (Å²) in [6, 6.07) is -0.431. The fraction of sp³-hybridized carbons (Fsp3) is 0.833. The van der Waals surface area contributed by atoms with E-state index in [1.165, 1.54) is 7.11 Å². The third-order valence-electron chi connectivity index (χ3n) is 1.56. The Morgan fingerprint density at radius 3 is 2.90 bits per heavy atom. The van der Waals surface area contributed by atoms with Crippen molar-refractivity contribution in [1.29, 1.82) is 0 Å². The Kier molecular flexibility index (Phi) is 2.21. The third-order valence-corrected chi connectivity index (χ3v) is 1.56. The number of carbonyl (C=O) groups is 1. The van der Waals surface area contributed by atoms with Crippen LogP contribution in [0.25, 0.3) is 0 Å². The highest BCUT2D eigenvalue weighted by Gasteiger charge is 2.29. The van der Waals surface area contributed by atoms with Gasteiger partial charge in [0.05, 0.1) is 7.11 Å². The number of nitrogens with one attached hydrogen (secondary N) is 1. The second-order valence-electron chi connectivity index (χ2n) is 2.32. The number of methoxy groups -OCH3 is 1. The zero-order valence-corrected chi connectivity index (χ0v) is 5.76. The molecule has 0 spiro atoms. The summed E-state index contributed by atoms with van der Waals surface area (Å²) in [5, 5.41) is 2.71. The van der Waals surface area contributed by atoms with E-state index in [0.717, 1.165) is 0 Å². The van der Waals surface area contributed by atoms with Crippen LogP contribution in [-0.4, -0.2) is 31.8 Å². The molecule has 3 nitrogen and oxygen atoms in total. The average molecular weight is 147 g/mol. The van der Waals surface area contributed by atoms with Crippen molar-refractivity contribution in [2.45, 2.75) is 18.6 Å². The molecule has 1 saturated heterocycles. The first kappa shape index (κ1) is 7.47. The molecule has 0 radical (unpaired) electrons. The van der Waals surface area contributed by atoms with Gasteiger partial charge in [-0.15, -0.1) is 0 Å². The second-order valence-corrected chi connectivity index (χ2v) is 2.32. The van der Waals surface area contributed by atoms with Gasteiger partial charge in [0.15, 0.2) is 0 Å². The van der Waals surface area contributed by atoms with Crippen LogP contribution in [0.1, 0.15) is 6.42 Å². The molecule has 0 aromatic rings. The number of hydrogen-bond donors (Lipinski definition) is 1. The van der Waals surface area contributed by atoms with Crippen LogP contribution in [0.2, 0.25) is 0 Å². The molecule has 0 bridgehead atoms. The summed E-state index contributed by atoms with van der Waals surface area (Å²) in [5.41, 5.74) is 0. The predicted molar refractivity (Wildman–Crippen MR) is 33.3 cm³/mol. The van der Waals surface area contributed by atoms with Gasteiger partial charge in [0.2, 0.25) is 0 Å². The molecule has 0 aliphatic carbocycles. The molecule has 10 heavy (non-hydrogen) atoms. The zero-order chi connectivity index (χ0) is 7.56. The van der Waals surface area contributed by atoms with Crippen LogP contribution in [0.4, 0.5) is 4.39 Å². The number of carbonyl (C=O) groups excluding carboxylic acids is 1. The van der Waals surface area contributed by atoms with Crippen LogP contribution in [0.5, 0.6) is 0 Å². The van der Waals surface area contributed by atoms with Gasteiger partial charge in [0.25, 0.3) is 0 Å². The van der Waals surface area contributed by atoms with Crippen molar-refractivity contribution in [3.8, 4) is 0 Å². The number of hydrogen-bond acceptors (Lipinski definition) is 3. The highest BCUT2D eigenvalue weighted by Crippen LogP contribution is 2.10. The van der Waals surface area contributed by atoms with E-state index in [1.807, 2.05) is 0 Å². The van der Waals surface area contributed by atoms with Gasteiger partial charge in [0.1, 0.15) is 12.2 Å². The minimum atomic E-state index is -0.899. The fourth-order valence-corrected chi connectivity index (χ4v) is 1.01. The Morgan fingerprint density at radius 1 is 1.80 bits per heavy atom. The standard InChI is InChI=1S/C6H10FNO2/c1-10-6(9)5-2-4(7)3-8-5/h4-5,8H,2-3H2,1H3/t4-,5+/m0/s1. The fourth-order valence-electron chi connectivity index (χ4n) is 1.01. The smallest absolute Gasteiger partial charge is 0.322 e. The van der Waals surface area contributed by atoms with Gasteiger partial charge in [-0.25, -0.2) is 4.39 Å². The topological polar surface area (TPSA) is 38.3 Å². The lowest BCUT2D eigenvalue weighted by Crippen LogP contribution is -2.31. The molecule has 0 saturated carbocycles. The first-order valence-electron chi connectivity index (χ1n) is 3.19. The zero-order valence-electron chi connectivity index (χ0n) is 5.76. The summed E-state index contributed by atoms with van der Waals surface area (Å²) in [4.78, 5) is 10.7. The van der Waals surface area contributed by atoms with E-state index in [0.29, 0.717) is 0 Å². The first-order valence-corrected chi connectivity index (χ1v) is 3.19. The summed E-state index contributed by atoms with van der Waals surface area (Å²) in [5.74, 6) is -0.375. The van der Waals surface area contributed by atoms with Crippen molar-refractivity contribution in [3.05, 3.63) is 0 Å². The average Bonchev–Trinajstić information content (AvgIpc) is 2.34. The van der Waals surface area contributed by atoms with Crippen molar-refractivity contribution in [2.75, 3.05) is 13.7 Å². The summed E-state index contributed by atoms with van der Waals surface area (Å²) < 4.78 is 16.8. The molecule has 2 atom stereocenters. The predicted octanol–water partition coefficient (Wildman–Crippen LogP) is -0.141. The van der Waals surface area contributed by atoms with Crippen LogP contribution >= 0.6 is 0 Å². The number of ether oxygens (including phenoxy) is 1. The summed E-state index contributed by atoms with van der Waals surface area (Å²) in [6.45, 7) is 0.264. The van der Waals surface area contributed by atoms with Gasteiger partial charge < -0.3 is 10.1 Å². The Labute approximate surface area is 58.5 Å². The second kappa shape index (κ2) is 2.96. The normalized spacial score (nSPS) is 32.2. The molecule has 0 unspecified atom stereocenters. The van der Waals surface area contributed by atoms with Gasteiger partial charge in [-0.05, 0) is 0 Å². The maximum absolute atomic E-state index is 12.4. The first-order chi connectivity index (χ1) is 4.74. The van der Waals surface area contributed by atoms with E-state index in [2.05, 4.69) is 10.1 Å². The summed E-state index contributed by atoms with van der Waals surface area (Å²) in [7, 11) is 1.30. The van der Waals surface area contributed by atoms with E-state index >= 15 is 0 Å². The molecule has 0 aromatic heterocycles. The summed E-state index contributed by atoms with van der Waals surface area (Å²) in [6.07, 6.45) is -0.656. The van der Waals surface area contributed by atoms with E-state index in [4.69, 9.17) is 0 Å². The molecule has 1 N–H and O–H groups in total.